The first-order valence-electron chi connectivity index (χ1n) is 7.08. The topological polar surface area (TPSA) is 34.1 Å². The monoisotopic (exact) mass is 538 g/mol. The summed E-state index contributed by atoms with van der Waals surface area (Å²) in [6, 6.07) is 0. The van der Waals surface area contributed by atoms with E-state index in [-0.39, 0.29) is 5.41 Å². The molecule has 0 amide bonds. The van der Waals surface area contributed by atoms with Crippen molar-refractivity contribution in [3.8, 4) is 0 Å². The van der Waals surface area contributed by atoms with Crippen LogP contribution in [0.2, 0.25) is 0 Å². The lowest BCUT2D eigenvalue weighted by molar-refractivity contribution is -0.461. The van der Waals surface area contributed by atoms with Crippen molar-refractivity contribution in [1.82, 2.24) is 0 Å². The van der Waals surface area contributed by atoms with Gasteiger partial charge >= 0.3 is 47.6 Å². The van der Waals surface area contributed by atoms with Crippen LogP contribution in [0.25, 0.3) is 0 Å². The van der Waals surface area contributed by atoms with E-state index in [2.05, 4.69) is 6.58 Å². The highest BCUT2D eigenvalue weighted by atomic mass is 32.2. The molecule has 192 valence electrons. The molecule has 0 aliphatic rings. The molecular weight excluding hydrogens is 531 g/mol. The van der Waals surface area contributed by atoms with Crippen molar-refractivity contribution in [2.75, 3.05) is 5.75 Å². The van der Waals surface area contributed by atoms with Crippen LogP contribution < -0.4 is 0 Å². The van der Waals surface area contributed by atoms with Crippen molar-refractivity contribution in [3.63, 3.8) is 0 Å². The van der Waals surface area contributed by atoms with Gasteiger partial charge in [0.25, 0.3) is 0 Å². The fourth-order valence-corrected chi connectivity index (χ4v) is 2.41. The molecule has 0 radical (unpaired) electrons. The number of sulfone groups is 1. The molecule has 0 spiro atoms. The van der Waals surface area contributed by atoms with Gasteiger partial charge in [0.05, 0.1) is 5.75 Å². The Labute approximate surface area is 166 Å². The zero-order chi connectivity index (χ0) is 26.6. The van der Waals surface area contributed by atoms with Gasteiger partial charge in [-0.2, -0.15) is 74.6 Å². The zero-order valence-electron chi connectivity index (χ0n) is 14.3. The molecule has 0 aromatic heterocycles. The second-order valence-corrected chi connectivity index (χ2v) is 8.00. The van der Waals surface area contributed by atoms with Crippen molar-refractivity contribution in [3.05, 3.63) is 12.0 Å². The molecule has 0 rings (SSSR count). The molecule has 0 saturated heterocycles. The highest BCUT2D eigenvalue weighted by molar-refractivity contribution is 7.94. The molecular formula is C12H7F17O2S. The first-order chi connectivity index (χ1) is 13.5. The lowest BCUT2D eigenvalue weighted by Crippen LogP contribution is -2.74. The van der Waals surface area contributed by atoms with Gasteiger partial charge in [0.15, 0.2) is 9.84 Å². The van der Waals surface area contributed by atoms with Gasteiger partial charge in [0.1, 0.15) is 0 Å². The van der Waals surface area contributed by atoms with Crippen molar-refractivity contribution in [1.29, 1.82) is 0 Å². The smallest absolute Gasteiger partial charge is 0.224 e. The Morgan fingerprint density at radius 1 is 0.531 bits per heavy atom. The van der Waals surface area contributed by atoms with Gasteiger partial charge in [-0.05, 0) is 0 Å². The predicted molar refractivity (Wildman–Crippen MR) is 69.3 cm³/mol. The third-order valence-corrected chi connectivity index (χ3v) is 5.02. The molecule has 0 heterocycles. The molecule has 32 heavy (non-hydrogen) atoms. The quantitative estimate of drug-likeness (QED) is 0.323. The maximum atomic E-state index is 13.4. The summed E-state index contributed by atoms with van der Waals surface area (Å²) in [5.74, 6) is -59.5. The van der Waals surface area contributed by atoms with E-state index in [0.29, 0.717) is 0 Å². The van der Waals surface area contributed by atoms with Crippen LogP contribution in [0.15, 0.2) is 12.0 Å². The van der Waals surface area contributed by atoms with Crippen LogP contribution in [0.3, 0.4) is 0 Å². The van der Waals surface area contributed by atoms with Gasteiger partial charge in [-0.15, -0.1) is 0 Å². The van der Waals surface area contributed by atoms with Crippen LogP contribution in [0.4, 0.5) is 74.6 Å². The molecule has 20 heteroatoms. The third kappa shape index (κ3) is 4.22. The van der Waals surface area contributed by atoms with E-state index in [1.54, 1.807) is 0 Å². The highest BCUT2D eigenvalue weighted by Crippen LogP contribution is 2.64. The van der Waals surface area contributed by atoms with Crippen LogP contribution in [0.1, 0.15) is 6.42 Å². The Bertz CT molecular complexity index is 808. The Balaban J connectivity index is 6.62. The zero-order valence-corrected chi connectivity index (χ0v) is 15.2. The van der Waals surface area contributed by atoms with Crippen LogP contribution in [-0.2, 0) is 9.84 Å². The van der Waals surface area contributed by atoms with Crippen molar-refractivity contribution in [2.45, 2.75) is 54.1 Å². The van der Waals surface area contributed by atoms with E-state index < -0.39 is 69.6 Å². The summed E-state index contributed by atoms with van der Waals surface area (Å²) in [6.45, 7) is 2.45. The first-order valence-corrected chi connectivity index (χ1v) is 8.80. The van der Waals surface area contributed by atoms with Crippen molar-refractivity contribution < 1.29 is 83.1 Å². The summed E-state index contributed by atoms with van der Waals surface area (Å²) >= 11 is 0. The molecule has 2 nitrogen and oxygen atoms in total. The van der Waals surface area contributed by atoms with Gasteiger partial charge in [-0.25, -0.2) is 8.42 Å². The summed E-state index contributed by atoms with van der Waals surface area (Å²) < 4.78 is 242. The Hall–Kier alpha value is -1.50. The molecule has 0 aromatic carbocycles. The van der Waals surface area contributed by atoms with Gasteiger partial charge < -0.3 is 0 Å². The minimum Gasteiger partial charge on any atom is -0.224 e. The number of alkyl halides is 17. The standard InChI is InChI=1S/C12H7F17O2S/c1-2-32(30,31)4-3-5(13,14)6(15,16)7(17,18)8(19,20)9(21,22)10(23,24)11(25,26)12(27,28)29/h2H,1,3-4H2. The van der Waals surface area contributed by atoms with Crippen LogP contribution in [-0.4, -0.2) is 61.8 Å². The lowest BCUT2D eigenvalue weighted by atomic mass is 9.88. The lowest BCUT2D eigenvalue weighted by Gasteiger charge is -2.42. The summed E-state index contributed by atoms with van der Waals surface area (Å²) in [7, 11) is -4.96. The van der Waals surface area contributed by atoms with E-state index in [0.717, 1.165) is 0 Å². The van der Waals surface area contributed by atoms with Gasteiger partial charge in [0, 0.05) is 11.8 Å². The Morgan fingerprint density at radius 3 is 1.09 bits per heavy atom. The minimum atomic E-state index is -8.71. The fraction of sp³-hybridized carbons (Fsp3) is 0.833. The molecule has 0 unspecified atom stereocenters. The van der Waals surface area contributed by atoms with Crippen molar-refractivity contribution in [2.24, 2.45) is 0 Å². The van der Waals surface area contributed by atoms with E-state index >= 15 is 0 Å². The Kier molecular flexibility index (Phi) is 7.41. The number of halogens is 17. The Morgan fingerprint density at radius 2 is 0.812 bits per heavy atom. The molecule has 0 N–H and O–H groups in total. The maximum absolute atomic E-state index is 13.4. The predicted octanol–water partition coefficient (Wildman–Crippen LogP) is 5.94. The van der Waals surface area contributed by atoms with Gasteiger partial charge in [-0.1, -0.05) is 6.58 Å². The number of rotatable bonds is 10. The average molecular weight is 538 g/mol. The van der Waals surface area contributed by atoms with E-state index in [4.69, 9.17) is 0 Å². The van der Waals surface area contributed by atoms with Gasteiger partial charge in [-0.3, -0.25) is 0 Å². The van der Waals surface area contributed by atoms with E-state index in [1.165, 1.54) is 0 Å². The van der Waals surface area contributed by atoms with Crippen molar-refractivity contribution >= 4 is 9.84 Å². The van der Waals surface area contributed by atoms with Gasteiger partial charge in [0.2, 0.25) is 0 Å². The molecule has 0 aliphatic carbocycles. The second kappa shape index (κ2) is 7.78. The van der Waals surface area contributed by atoms with Crippen LogP contribution >= 0.6 is 0 Å². The maximum Gasteiger partial charge on any atom is 0.460 e. The molecule has 0 aromatic rings. The molecule has 0 bridgehead atoms. The molecule has 0 fully saturated rings. The third-order valence-electron chi connectivity index (χ3n) is 3.74. The summed E-state index contributed by atoms with van der Waals surface area (Å²) in [4.78, 5) is 0. The average Bonchev–Trinajstić information content (AvgIpc) is 2.58. The van der Waals surface area contributed by atoms with E-state index in [1.807, 2.05) is 0 Å². The minimum absolute atomic E-state index is 0.220. The SMILES string of the molecule is C=CS(=O)(=O)CCC(F)(F)C(F)(F)C(F)(F)C(F)(F)C(F)(F)C(F)(F)C(F)(F)C(F)(F)F. The fourth-order valence-electron chi connectivity index (χ4n) is 1.71. The molecule has 0 atom stereocenters. The second-order valence-electron chi connectivity index (χ2n) is 5.93. The largest absolute Gasteiger partial charge is 0.460 e. The summed E-state index contributed by atoms with van der Waals surface area (Å²) in [6.07, 6.45) is -10.9. The van der Waals surface area contributed by atoms with E-state index in [9.17, 15) is 83.1 Å². The first kappa shape index (κ1) is 30.5. The molecule has 0 aliphatic heterocycles. The van der Waals surface area contributed by atoms with Crippen LogP contribution in [0, 0.1) is 0 Å². The molecule has 0 saturated carbocycles. The van der Waals surface area contributed by atoms with Crippen LogP contribution in [0.5, 0.6) is 0 Å². The highest BCUT2D eigenvalue weighted by Gasteiger charge is 2.95. The normalized spacial score (nSPS) is 16.3. The number of hydrogen-bond acceptors (Lipinski definition) is 2. The summed E-state index contributed by atoms with van der Waals surface area (Å²) in [5, 5.41) is -0.220. The summed E-state index contributed by atoms with van der Waals surface area (Å²) in [5.41, 5.74) is 0. The number of hydrogen-bond donors (Lipinski definition) is 0.